The molecule has 8 heteroatoms. The van der Waals surface area contributed by atoms with Crippen LogP contribution in [0.4, 0.5) is 11.4 Å². The fourth-order valence-corrected chi connectivity index (χ4v) is 4.55. The molecule has 7 nitrogen and oxygen atoms in total. The van der Waals surface area contributed by atoms with Crippen LogP contribution in [0.5, 0.6) is 5.75 Å². The molecule has 0 radical (unpaired) electrons. The van der Waals surface area contributed by atoms with E-state index in [0.717, 1.165) is 4.31 Å². The second kappa shape index (κ2) is 6.80. The maximum atomic E-state index is 12.4. The summed E-state index contributed by atoms with van der Waals surface area (Å²) in [6, 6.07) is 12.8. The number of hydrogen-bond donors (Lipinski definition) is 1. The second-order valence-electron chi connectivity index (χ2n) is 6.02. The molecule has 0 bridgehead atoms. The van der Waals surface area contributed by atoms with E-state index in [4.69, 9.17) is 4.74 Å². The van der Waals surface area contributed by atoms with Crippen molar-refractivity contribution in [3.05, 3.63) is 54.1 Å². The number of amides is 2. The summed E-state index contributed by atoms with van der Waals surface area (Å²) >= 11 is 0. The number of hydrogen-bond acceptors (Lipinski definition) is 5. The maximum absolute atomic E-state index is 12.4. The average molecular weight is 374 g/mol. The molecule has 0 unspecified atom stereocenters. The summed E-state index contributed by atoms with van der Waals surface area (Å²) in [6.07, 6.45) is 0. The molecule has 1 aliphatic rings. The number of carbonyl (C=O) groups excluding carboxylic acids is 2. The fourth-order valence-electron chi connectivity index (χ4n) is 2.74. The second-order valence-corrected chi connectivity index (χ2v) is 7.88. The Morgan fingerprint density at radius 2 is 1.88 bits per heavy atom. The molecule has 2 aromatic carbocycles. The molecule has 136 valence electrons. The predicted molar refractivity (Wildman–Crippen MR) is 97.8 cm³/mol. The third-order valence-electron chi connectivity index (χ3n) is 4.05. The Hall–Kier alpha value is -2.87. The minimum Gasteiger partial charge on any atom is -0.497 e. The molecule has 1 heterocycles. The van der Waals surface area contributed by atoms with Crippen molar-refractivity contribution in [1.29, 1.82) is 0 Å². The summed E-state index contributed by atoms with van der Waals surface area (Å²) < 4.78 is 30.3. The molecule has 26 heavy (non-hydrogen) atoms. The van der Waals surface area contributed by atoms with Gasteiger partial charge in [-0.05, 0) is 42.5 Å². The van der Waals surface area contributed by atoms with Gasteiger partial charge in [-0.1, -0.05) is 13.0 Å². The van der Waals surface area contributed by atoms with E-state index in [1.54, 1.807) is 50.4 Å². The molecule has 1 N–H and O–H groups in total. The van der Waals surface area contributed by atoms with Crippen molar-refractivity contribution in [2.75, 3.05) is 22.5 Å². The van der Waals surface area contributed by atoms with Crippen molar-refractivity contribution >= 4 is 33.2 Å². The van der Waals surface area contributed by atoms with Crippen molar-refractivity contribution in [1.82, 2.24) is 0 Å². The van der Waals surface area contributed by atoms with Crippen LogP contribution in [0.25, 0.3) is 0 Å². The van der Waals surface area contributed by atoms with Crippen LogP contribution >= 0.6 is 0 Å². The normalized spacial score (nSPS) is 18.6. The summed E-state index contributed by atoms with van der Waals surface area (Å²) in [5.41, 5.74) is 0.988. The molecule has 1 atom stereocenters. The van der Waals surface area contributed by atoms with Gasteiger partial charge in [-0.3, -0.25) is 9.59 Å². The van der Waals surface area contributed by atoms with Crippen molar-refractivity contribution in [3.63, 3.8) is 0 Å². The minimum atomic E-state index is -3.71. The Labute approximate surface area is 151 Å². The van der Waals surface area contributed by atoms with E-state index in [1.807, 2.05) is 0 Å². The molecule has 1 saturated heterocycles. The van der Waals surface area contributed by atoms with E-state index in [9.17, 15) is 18.0 Å². The number of anilines is 2. The quantitative estimate of drug-likeness (QED) is 0.886. The number of nitrogens with zero attached hydrogens (tertiary/aromatic N) is 1. The highest BCUT2D eigenvalue weighted by molar-refractivity contribution is 7.94. The van der Waals surface area contributed by atoms with Gasteiger partial charge in [0.25, 0.3) is 5.91 Å². The molecule has 0 saturated carbocycles. The van der Waals surface area contributed by atoms with Gasteiger partial charge < -0.3 is 10.1 Å². The van der Waals surface area contributed by atoms with Crippen LogP contribution in [0.15, 0.2) is 48.5 Å². The van der Waals surface area contributed by atoms with Gasteiger partial charge in [0.2, 0.25) is 15.9 Å². The van der Waals surface area contributed by atoms with Gasteiger partial charge >= 0.3 is 0 Å². The van der Waals surface area contributed by atoms with Gasteiger partial charge in [-0.15, -0.1) is 0 Å². The Bertz CT molecular complexity index is 954. The van der Waals surface area contributed by atoms with Gasteiger partial charge in [-0.25, -0.2) is 12.7 Å². The van der Waals surface area contributed by atoms with E-state index < -0.39 is 27.8 Å². The van der Waals surface area contributed by atoms with E-state index in [1.165, 1.54) is 12.1 Å². The van der Waals surface area contributed by atoms with Gasteiger partial charge in [-0.2, -0.15) is 0 Å². The van der Waals surface area contributed by atoms with E-state index in [-0.39, 0.29) is 17.0 Å². The van der Waals surface area contributed by atoms with Gasteiger partial charge in [0, 0.05) is 11.3 Å². The first-order chi connectivity index (χ1) is 12.3. The number of benzene rings is 2. The maximum Gasteiger partial charge on any atom is 0.255 e. The number of carbonyl (C=O) groups is 2. The van der Waals surface area contributed by atoms with E-state index in [2.05, 4.69) is 5.32 Å². The largest absolute Gasteiger partial charge is 0.497 e. The van der Waals surface area contributed by atoms with Crippen molar-refractivity contribution in [3.8, 4) is 5.75 Å². The Morgan fingerprint density at radius 3 is 2.46 bits per heavy atom. The highest BCUT2D eigenvalue weighted by atomic mass is 32.2. The first-order valence-electron chi connectivity index (χ1n) is 7.94. The average Bonchev–Trinajstić information content (AvgIpc) is 2.82. The van der Waals surface area contributed by atoms with Crippen LogP contribution in [0.2, 0.25) is 0 Å². The topological polar surface area (TPSA) is 92.8 Å². The number of rotatable bonds is 4. The number of sulfonamides is 1. The smallest absolute Gasteiger partial charge is 0.255 e. The third kappa shape index (κ3) is 3.41. The lowest BCUT2D eigenvalue weighted by Crippen LogP contribution is -2.30. The minimum absolute atomic E-state index is 0.168. The molecule has 1 fully saturated rings. The first-order valence-corrected chi connectivity index (χ1v) is 9.55. The number of nitrogens with one attached hydrogen (secondary N) is 1. The molecular weight excluding hydrogens is 356 g/mol. The van der Waals surface area contributed by atoms with Gasteiger partial charge in [0.1, 0.15) is 5.75 Å². The van der Waals surface area contributed by atoms with Crippen LogP contribution in [0.3, 0.4) is 0 Å². The molecule has 0 aliphatic carbocycles. The van der Waals surface area contributed by atoms with E-state index >= 15 is 0 Å². The third-order valence-corrected chi connectivity index (χ3v) is 5.92. The summed E-state index contributed by atoms with van der Waals surface area (Å²) in [5.74, 6) is -1.06. The van der Waals surface area contributed by atoms with Gasteiger partial charge in [0.15, 0.2) is 0 Å². The van der Waals surface area contributed by atoms with Crippen LogP contribution < -0.4 is 14.4 Å². The summed E-state index contributed by atoms with van der Waals surface area (Å²) in [7, 11) is -2.16. The fraction of sp³-hybridized carbons (Fsp3) is 0.222. The molecule has 3 rings (SSSR count). The van der Waals surface area contributed by atoms with Crippen molar-refractivity contribution < 1.29 is 22.7 Å². The van der Waals surface area contributed by atoms with Gasteiger partial charge in [0.05, 0.1) is 24.5 Å². The number of methoxy groups -OCH3 is 1. The zero-order valence-corrected chi connectivity index (χ0v) is 15.1. The lowest BCUT2D eigenvalue weighted by atomic mass is 10.1. The Kier molecular flexibility index (Phi) is 4.69. The van der Waals surface area contributed by atoms with Crippen LogP contribution in [0.1, 0.15) is 17.3 Å². The molecule has 0 aromatic heterocycles. The Balaban J connectivity index is 1.84. The Morgan fingerprint density at radius 1 is 1.19 bits per heavy atom. The monoisotopic (exact) mass is 374 g/mol. The SMILES string of the molecule is COc1ccc(NC(=O)c2cccc(N3C(=O)[C@@H](C)CS3(=O)=O)c2)cc1. The molecule has 0 spiro atoms. The molecule has 2 aromatic rings. The summed E-state index contributed by atoms with van der Waals surface area (Å²) in [4.78, 5) is 24.6. The molecule has 2 amide bonds. The summed E-state index contributed by atoms with van der Waals surface area (Å²) in [6.45, 7) is 1.57. The zero-order chi connectivity index (χ0) is 18.9. The lowest BCUT2D eigenvalue weighted by Gasteiger charge is -2.16. The van der Waals surface area contributed by atoms with Crippen molar-refractivity contribution in [2.45, 2.75) is 6.92 Å². The highest BCUT2D eigenvalue weighted by Crippen LogP contribution is 2.29. The standard InChI is InChI=1S/C18H18N2O5S/c1-12-11-26(23,24)20(18(12)22)15-5-3-4-13(10-15)17(21)19-14-6-8-16(25-2)9-7-14/h3-10,12H,11H2,1-2H3,(H,19,21)/t12-/m0/s1. The van der Waals surface area contributed by atoms with Crippen molar-refractivity contribution in [2.24, 2.45) is 5.92 Å². The molecular formula is C18H18N2O5S. The zero-order valence-electron chi connectivity index (χ0n) is 14.3. The predicted octanol–water partition coefficient (Wildman–Crippen LogP) is 2.26. The van der Waals surface area contributed by atoms with E-state index in [0.29, 0.717) is 11.4 Å². The van der Waals surface area contributed by atoms with Crippen LogP contribution in [0, 0.1) is 5.92 Å². The molecule has 1 aliphatic heterocycles. The first kappa shape index (κ1) is 17.9. The van der Waals surface area contributed by atoms with Crippen LogP contribution in [-0.2, 0) is 14.8 Å². The lowest BCUT2D eigenvalue weighted by molar-refractivity contribution is -0.119. The number of ether oxygens (including phenoxy) is 1. The van der Waals surface area contributed by atoms with Crippen LogP contribution in [-0.4, -0.2) is 33.1 Å². The highest BCUT2D eigenvalue weighted by Gasteiger charge is 2.42. The summed E-state index contributed by atoms with van der Waals surface area (Å²) in [5, 5.41) is 2.72.